The Kier molecular flexibility index (Phi) is 5.07. The quantitative estimate of drug-likeness (QED) is 0.403. The van der Waals surface area contributed by atoms with Crippen LogP contribution < -0.4 is 4.74 Å². The van der Waals surface area contributed by atoms with Crippen LogP contribution >= 0.6 is 0 Å². The lowest BCUT2D eigenvalue weighted by Crippen LogP contribution is -1.94. The number of rotatable bonds is 6. The van der Waals surface area contributed by atoms with Gasteiger partial charge in [0, 0.05) is 10.9 Å². The number of aromatic amines is 2. The van der Waals surface area contributed by atoms with Crippen molar-refractivity contribution in [2.45, 2.75) is 13.3 Å². The zero-order valence-electron chi connectivity index (χ0n) is 15.7. The molecular formula is C21H19N5O3. The zero-order valence-corrected chi connectivity index (χ0v) is 15.7. The van der Waals surface area contributed by atoms with Gasteiger partial charge in [0.25, 0.3) is 0 Å². The van der Waals surface area contributed by atoms with Gasteiger partial charge in [-0.25, -0.2) is 0 Å². The molecule has 0 aliphatic carbocycles. The molecule has 1 amide bonds. The van der Waals surface area contributed by atoms with Gasteiger partial charge >= 0.3 is 5.91 Å². The number of fused-ring (bicyclic) bond motifs is 1. The molecule has 0 aliphatic heterocycles. The summed E-state index contributed by atoms with van der Waals surface area (Å²) in [6.07, 6.45) is 0.942. The molecule has 0 bridgehead atoms. The number of aromatic hydroxyl groups is 1. The fourth-order valence-electron chi connectivity index (χ4n) is 2.88. The predicted octanol–water partition coefficient (Wildman–Crippen LogP) is 4.98. The van der Waals surface area contributed by atoms with E-state index in [2.05, 4.69) is 25.4 Å². The zero-order chi connectivity index (χ0) is 20.2. The minimum absolute atomic E-state index is 0.140. The molecule has 0 saturated carbocycles. The summed E-state index contributed by atoms with van der Waals surface area (Å²) in [4.78, 5) is 15.2. The summed E-state index contributed by atoms with van der Waals surface area (Å²) in [7, 11) is 0. The van der Waals surface area contributed by atoms with Crippen LogP contribution in [0.2, 0.25) is 0 Å². The summed E-state index contributed by atoms with van der Waals surface area (Å²) in [6.45, 7) is 2.71. The Balaban J connectivity index is 1.51. The van der Waals surface area contributed by atoms with E-state index in [0.717, 1.165) is 17.7 Å². The highest BCUT2D eigenvalue weighted by Crippen LogP contribution is 2.35. The average Bonchev–Trinajstić information content (AvgIpc) is 3.35. The van der Waals surface area contributed by atoms with Crippen molar-refractivity contribution in [2.75, 3.05) is 6.61 Å². The number of carbonyl (C=O) groups excluding carboxylic acids is 1. The molecule has 0 radical (unpaired) electrons. The number of ether oxygens (including phenoxy) is 1. The van der Waals surface area contributed by atoms with Crippen molar-refractivity contribution in [3.05, 3.63) is 60.3 Å². The number of benzene rings is 2. The second kappa shape index (κ2) is 7.97. The maximum absolute atomic E-state index is 12.4. The summed E-state index contributed by atoms with van der Waals surface area (Å²) < 4.78 is 5.56. The highest BCUT2D eigenvalue weighted by molar-refractivity contribution is 5.96. The monoisotopic (exact) mass is 389 g/mol. The van der Waals surface area contributed by atoms with E-state index in [0.29, 0.717) is 23.2 Å². The van der Waals surface area contributed by atoms with Crippen LogP contribution in [0.4, 0.5) is 5.69 Å². The number of nitrogens with one attached hydrogen (secondary N) is 2. The predicted molar refractivity (Wildman–Crippen MR) is 109 cm³/mol. The number of aromatic nitrogens is 3. The van der Waals surface area contributed by atoms with Gasteiger partial charge in [0.05, 0.1) is 17.8 Å². The Morgan fingerprint density at radius 1 is 1.17 bits per heavy atom. The van der Waals surface area contributed by atoms with Crippen LogP contribution in [0.15, 0.2) is 64.8 Å². The Morgan fingerprint density at radius 3 is 2.76 bits per heavy atom. The van der Waals surface area contributed by atoms with Crippen LogP contribution in [0.1, 0.15) is 23.8 Å². The van der Waals surface area contributed by atoms with Crippen molar-refractivity contribution in [3.63, 3.8) is 0 Å². The van der Waals surface area contributed by atoms with Crippen molar-refractivity contribution in [1.29, 1.82) is 0 Å². The molecule has 0 fully saturated rings. The van der Waals surface area contributed by atoms with Crippen LogP contribution in [-0.4, -0.2) is 32.8 Å². The minimum Gasteiger partial charge on any atom is -0.494 e. The summed E-state index contributed by atoms with van der Waals surface area (Å²) in [5.74, 6) is 0.0598. The van der Waals surface area contributed by atoms with Crippen LogP contribution in [0.5, 0.6) is 11.6 Å². The SMILES string of the molecule is CCCOc1ccc(-c2cc(C(=O)N=Nc3c(O)[nH]c4ccccc34)[nH]n2)cc1. The van der Waals surface area contributed by atoms with Crippen molar-refractivity contribution < 1.29 is 14.6 Å². The van der Waals surface area contributed by atoms with Crippen LogP contribution in [-0.2, 0) is 0 Å². The van der Waals surface area contributed by atoms with Gasteiger partial charge in [-0.1, -0.05) is 25.1 Å². The minimum atomic E-state index is -0.587. The van der Waals surface area contributed by atoms with E-state index in [4.69, 9.17) is 4.74 Å². The number of carbonyl (C=O) groups is 1. The summed E-state index contributed by atoms with van der Waals surface area (Å²) in [5.41, 5.74) is 2.59. The Morgan fingerprint density at radius 2 is 1.97 bits per heavy atom. The third-order valence-electron chi connectivity index (χ3n) is 4.33. The largest absolute Gasteiger partial charge is 0.494 e. The first kappa shape index (κ1) is 18.4. The molecule has 0 aliphatic rings. The van der Waals surface area contributed by atoms with Crippen LogP contribution in [0, 0.1) is 0 Å². The molecule has 2 aromatic heterocycles. The second-order valence-electron chi connectivity index (χ2n) is 6.41. The molecule has 8 nitrogen and oxygen atoms in total. The van der Waals surface area contributed by atoms with Gasteiger partial charge in [0.1, 0.15) is 11.4 Å². The van der Waals surface area contributed by atoms with Crippen LogP contribution in [0.25, 0.3) is 22.2 Å². The number of azo groups is 1. The van der Waals surface area contributed by atoms with E-state index < -0.39 is 5.91 Å². The number of hydrogen-bond donors (Lipinski definition) is 3. The molecule has 29 heavy (non-hydrogen) atoms. The summed E-state index contributed by atoms with van der Waals surface area (Å²) in [6, 6.07) is 16.3. The number of nitrogens with zero attached hydrogens (tertiary/aromatic N) is 3. The van der Waals surface area contributed by atoms with E-state index >= 15 is 0 Å². The van der Waals surface area contributed by atoms with Gasteiger partial charge in [0.2, 0.25) is 5.88 Å². The first-order chi connectivity index (χ1) is 14.2. The number of amides is 1. The normalized spacial score (nSPS) is 11.3. The first-order valence-corrected chi connectivity index (χ1v) is 9.20. The molecule has 2 heterocycles. The van der Waals surface area contributed by atoms with E-state index in [1.165, 1.54) is 0 Å². The lowest BCUT2D eigenvalue weighted by atomic mass is 10.1. The van der Waals surface area contributed by atoms with Gasteiger partial charge in [-0.15, -0.1) is 10.2 Å². The lowest BCUT2D eigenvalue weighted by Gasteiger charge is -2.04. The molecule has 146 valence electrons. The summed E-state index contributed by atoms with van der Waals surface area (Å²) >= 11 is 0. The fourth-order valence-corrected chi connectivity index (χ4v) is 2.88. The number of para-hydroxylation sites is 1. The van der Waals surface area contributed by atoms with Gasteiger partial charge in [-0.3, -0.25) is 9.89 Å². The van der Waals surface area contributed by atoms with Gasteiger partial charge in [-0.2, -0.15) is 5.10 Å². The highest BCUT2D eigenvalue weighted by Gasteiger charge is 2.13. The smallest absolute Gasteiger partial charge is 0.313 e. The van der Waals surface area contributed by atoms with E-state index in [-0.39, 0.29) is 17.3 Å². The molecular weight excluding hydrogens is 370 g/mol. The van der Waals surface area contributed by atoms with Gasteiger partial charge < -0.3 is 14.8 Å². The standard InChI is InChI=1S/C21H19N5O3/c1-2-11-29-14-9-7-13(8-10-14)17-12-18(24-23-17)20(27)26-25-19-15-5-3-4-6-16(15)22-21(19)28/h3-10,12,22,28H,2,11H2,1H3,(H,23,24). The van der Waals surface area contributed by atoms with Gasteiger partial charge in [-0.05, 0) is 42.8 Å². The molecule has 0 atom stereocenters. The maximum Gasteiger partial charge on any atom is 0.313 e. The third kappa shape index (κ3) is 3.86. The fraction of sp³-hybridized carbons (Fsp3) is 0.143. The van der Waals surface area contributed by atoms with Crippen molar-refractivity contribution in [3.8, 4) is 22.9 Å². The molecule has 0 unspecified atom stereocenters. The topological polar surface area (TPSA) is 116 Å². The molecule has 4 rings (SSSR count). The Labute approximate surface area is 166 Å². The van der Waals surface area contributed by atoms with E-state index in [1.54, 1.807) is 18.2 Å². The Bertz CT molecular complexity index is 1170. The molecule has 8 heteroatoms. The molecule has 3 N–H and O–H groups in total. The molecule has 0 spiro atoms. The highest BCUT2D eigenvalue weighted by atomic mass is 16.5. The maximum atomic E-state index is 12.4. The average molecular weight is 389 g/mol. The number of hydrogen-bond acceptors (Lipinski definition) is 5. The summed E-state index contributed by atoms with van der Waals surface area (Å²) in [5, 5.41) is 25.2. The lowest BCUT2D eigenvalue weighted by molar-refractivity contribution is 0.0990. The van der Waals surface area contributed by atoms with E-state index in [9.17, 15) is 9.90 Å². The third-order valence-corrected chi connectivity index (χ3v) is 4.33. The van der Waals surface area contributed by atoms with Gasteiger partial charge in [0.15, 0.2) is 5.69 Å². The van der Waals surface area contributed by atoms with E-state index in [1.807, 2.05) is 43.3 Å². The molecule has 4 aromatic rings. The second-order valence-corrected chi connectivity index (χ2v) is 6.41. The Hall–Kier alpha value is -3.94. The molecule has 2 aromatic carbocycles. The molecule has 0 saturated heterocycles. The van der Waals surface area contributed by atoms with Crippen LogP contribution in [0.3, 0.4) is 0 Å². The number of H-pyrrole nitrogens is 2. The van der Waals surface area contributed by atoms with Crippen molar-refractivity contribution in [2.24, 2.45) is 10.2 Å². The van der Waals surface area contributed by atoms with Crippen molar-refractivity contribution in [1.82, 2.24) is 15.2 Å². The first-order valence-electron chi connectivity index (χ1n) is 9.20. The van der Waals surface area contributed by atoms with Crippen molar-refractivity contribution >= 4 is 22.5 Å².